The Bertz CT molecular complexity index is 342. The maximum atomic E-state index is 8.80. The fourth-order valence-corrected chi connectivity index (χ4v) is 3.37. The van der Waals surface area contributed by atoms with Crippen LogP contribution in [0.3, 0.4) is 0 Å². The van der Waals surface area contributed by atoms with Crippen molar-refractivity contribution in [3.8, 4) is 0 Å². The number of fused-ring (bicyclic) bond motifs is 1. The van der Waals surface area contributed by atoms with Crippen molar-refractivity contribution in [2.45, 2.75) is 36.0 Å². The topological polar surface area (TPSA) is 32.3 Å². The van der Waals surface area contributed by atoms with Crippen molar-refractivity contribution >= 4 is 11.8 Å². The van der Waals surface area contributed by atoms with Gasteiger partial charge in [-0.2, -0.15) is 0 Å². The highest BCUT2D eigenvalue weighted by atomic mass is 32.2. The maximum Gasteiger partial charge on any atom is 0.0443 e. The van der Waals surface area contributed by atoms with Gasteiger partial charge in [0.15, 0.2) is 0 Å². The standard InChI is InChI=1S/C13H19NOS/c1-10-9-12(14-7-4-8-15)11-5-2-3-6-13(11)16-10/h2-3,5-6,10,12,14-15H,4,7-9H2,1H3. The predicted molar refractivity (Wildman–Crippen MR) is 68.8 cm³/mol. The molecule has 3 heteroatoms. The summed E-state index contributed by atoms with van der Waals surface area (Å²) in [4.78, 5) is 1.41. The van der Waals surface area contributed by atoms with E-state index in [4.69, 9.17) is 5.11 Å². The third-order valence-electron chi connectivity index (χ3n) is 2.92. The molecule has 1 heterocycles. The summed E-state index contributed by atoms with van der Waals surface area (Å²) in [6.07, 6.45) is 2.01. The first-order chi connectivity index (χ1) is 7.81. The fourth-order valence-electron chi connectivity index (χ4n) is 2.15. The number of rotatable bonds is 4. The molecule has 0 fully saturated rings. The van der Waals surface area contributed by atoms with Crippen molar-refractivity contribution in [1.29, 1.82) is 0 Å². The van der Waals surface area contributed by atoms with E-state index < -0.39 is 0 Å². The van der Waals surface area contributed by atoms with Gasteiger partial charge in [0.05, 0.1) is 0 Å². The van der Waals surface area contributed by atoms with Gasteiger partial charge in [-0.05, 0) is 31.0 Å². The van der Waals surface area contributed by atoms with Crippen LogP contribution in [-0.2, 0) is 0 Å². The highest BCUT2D eigenvalue weighted by Crippen LogP contribution is 2.40. The second-order valence-corrected chi connectivity index (χ2v) is 5.77. The molecule has 2 nitrogen and oxygen atoms in total. The van der Waals surface area contributed by atoms with E-state index in [1.807, 2.05) is 11.8 Å². The van der Waals surface area contributed by atoms with Crippen molar-refractivity contribution in [3.63, 3.8) is 0 Å². The second-order valence-electron chi connectivity index (χ2n) is 4.29. The molecule has 1 aliphatic rings. The van der Waals surface area contributed by atoms with Gasteiger partial charge in [-0.25, -0.2) is 0 Å². The molecule has 88 valence electrons. The van der Waals surface area contributed by atoms with Gasteiger partial charge in [-0.3, -0.25) is 0 Å². The number of nitrogens with one attached hydrogen (secondary N) is 1. The summed E-state index contributed by atoms with van der Waals surface area (Å²) >= 11 is 1.97. The Morgan fingerprint density at radius 2 is 2.25 bits per heavy atom. The van der Waals surface area contributed by atoms with Crippen molar-refractivity contribution in [2.24, 2.45) is 0 Å². The molecule has 2 atom stereocenters. The molecule has 2 unspecified atom stereocenters. The zero-order valence-corrected chi connectivity index (χ0v) is 10.5. The van der Waals surface area contributed by atoms with Gasteiger partial charge in [0.25, 0.3) is 0 Å². The molecule has 2 N–H and O–H groups in total. The zero-order valence-electron chi connectivity index (χ0n) is 9.65. The number of aliphatic hydroxyl groups is 1. The molecule has 0 bridgehead atoms. The lowest BCUT2D eigenvalue weighted by Crippen LogP contribution is -2.28. The molecule has 0 saturated heterocycles. The summed E-state index contributed by atoms with van der Waals surface area (Å²) in [7, 11) is 0. The SMILES string of the molecule is CC1CC(NCCCO)c2ccccc2S1. The van der Waals surface area contributed by atoms with Gasteiger partial charge in [-0.1, -0.05) is 25.1 Å². The maximum absolute atomic E-state index is 8.80. The first kappa shape index (κ1) is 12.0. The normalized spacial score (nSPS) is 24.1. The number of thioether (sulfide) groups is 1. The summed E-state index contributed by atoms with van der Waals surface area (Å²) in [6, 6.07) is 9.09. The number of benzene rings is 1. The van der Waals surface area contributed by atoms with Crippen molar-refractivity contribution in [3.05, 3.63) is 29.8 Å². The molecule has 0 amide bonds. The first-order valence-electron chi connectivity index (χ1n) is 5.91. The van der Waals surface area contributed by atoms with E-state index in [9.17, 15) is 0 Å². The second kappa shape index (κ2) is 5.71. The molecule has 0 aliphatic carbocycles. The van der Waals surface area contributed by atoms with Crippen molar-refractivity contribution in [1.82, 2.24) is 5.32 Å². The van der Waals surface area contributed by atoms with E-state index >= 15 is 0 Å². The Morgan fingerprint density at radius 3 is 3.06 bits per heavy atom. The molecule has 0 radical (unpaired) electrons. The molecule has 1 aliphatic heterocycles. The zero-order chi connectivity index (χ0) is 11.4. The Balaban J connectivity index is 2.07. The third-order valence-corrected chi connectivity index (χ3v) is 4.14. The van der Waals surface area contributed by atoms with E-state index in [2.05, 4.69) is 36.5 Å². The molecule has 0 saturated carbocycles. The van der Waals surface area contributed by atoms with Crippen LogP contribution in [0.5, 0.6) is 0 Å². The highest BCUT2D eigenvalue weighted by Gasteiger charge is 2.23. The van der Waals surface area contributed by atoms with E-state index in [-0.39, 0.29) is 6.61 Å². The minimum absolute atomic E-state index is 0.270. The van der Waals surface area contributed by atoms with Crippen LogP contribution >= 0.6 is 11.8 Å². The van der Waals surface area contributed by atoms with Crippen LogP contribution < -0.4 is 5.32 Å². The highest BCUT2D eigenvalue weighted by molar-refractivity contribution is 8.00. The fraction of sp³-hybridized carbons (Fsp3) is 0.538. The molecule has 0 aromatic heterocycles. The van der Waals surface area contributed by atoms with Gasteiger partial charge >= 0.3 is 0 Å². The lowest BCUT2D eigenvalue weighted by molar-refractivity contribution is 0.282. The first-order valence-corrected chi connectivity index (χ1v) is 6.79. The van der Waals surface area contributed by atoms with Gasteiger partial charge in [-0.15, -0.1) is 11.8 Å². The summed E-state index contributed by atoms with van der Waals surface area (Å²) in [5, 5.41) is 13.0. The minimum atomic E-state index is 0.270. The predicted octanol–water partition coefficient (Wildman–Crippen LogP) is 2.58. The molecular formula is C13H19NOS. The average molecular weight is 237 g/mol. The van der Waals surface area contributed by atoms with Crippen LogP contribution in [0.4, 0.5) is 0 Å². The lowest BCUT2D eigenvalue weighted by Gasteiger charge is -2.30. The van der Waals surface area contributed by atoms with Crippen LogP contribution in [0.15, 0.2) is 29.2 Å². The monoisotopic (exact) mass is 237 g/mol. The Morgan fingerprint density at radius 1 is 1.44 bits per heavy atom. The number of aliphatic hydroxyl groups excluding tert-OH is 1. The van der Waals surface area contributed by atoms with Crippen molar-refractivity contribution < 1.29 is 5.11 Å². The third kappa shape index (κ3) is 2.78. The Labute approximate surface area is 101 Å². The van der Waals surface area contributed by atoms with Gasteiger partial charge < -0.3 is 10.4 Å². The molecule has 0 spiro atoms. The molecular weight excluding hydrogens is 218 g/mol. The molecule has 2 rings (SSSR count). The van der Waals surface area contributed by atoms with E-state index in [1.54, 1.807) is 0 Å². The largest absolute Gasteiger partial charge is 0.396 e. The number of hydrogen-bond acceptors (Lipinski definition) is 3. The van der Waals surface area contributed by atoms with Crippen LogP contribution in [0.1, 0.15) is 31.4 Å². The van der Waals surface area contributed by atoms with E-state index in [0.29, 0.717) is 11.3 Å². The van der Waals surface area contributed by atoms with Gasteiger partial charge in [0, 0.05) is 22.8 Å². The summed E-state index contributed by atoms with van der Waals surface area (Å²) in [5.74, 6) is 0. The lowest BCUT2D eigenvalue weighted by atomic mass is 10.0. The van der Waals surface area contributed by atoms with Crippen LogP contribution in [0.2, 0.25) is 0 Å². The van der Waals surface area contributed by atoms with Crippen LogP contribution in [-0.4, -0.2) is 23.5 Å². The number of hydrogen-bond donors (Lipinski definition) is 2. The minimum Gasteiger partial charge on any atom is -0.396 e. The van der Waals surface area contributed by atoms with Crippen LogP contribution in [0, 0.1) is 0 Å². The van der Waals surface area contributed by atoms with E-state index in [1.165, 1.54) is 16.9 Å². The van der Waals surface area contributed by atoms with Crippen molar-refractivity contribution in [2.75, 3.05) is 13.2 Å². The Kier molecular flexibility index (Phi) is 4.27. The molecule has 1 aromatic carbocycles. The van der Waals surface area contributed by atoms with Gasteiger partial charge in [0.2, 0.25) is 0 Å². The molecule has 1 aromatic rings. The summed E-state index contributed by atoms with van der Waals surface area (Å²) in [5.41, 5.74) is 1.42. The van der Waals surface area contributed by atoms with Crippen LogP contribution in [0.25, 0.3) is 0 Å². The quantitative estimate of drug-likeness (QED) is 0.789. The summed E-state index contributed by atoms with van der Waals surface area (Å²) in [6.45, 7) is 3.44. The Hall–Kier alpha value is -0.510. The summed E-state index contributed by atoms with van der Waals surface area (Å²) < 4.78 is 0. The average Bonchev–Trinajstić information content (AvgIpc) is 2.29. The van der Waals surface area contributed by atoms with Gasteiger partial charge in [0.1, 0.15) is 0 Å². The molecule has 16 heavy (non-hydrogen) atoms. The smallest absolute Gasteiger partial charge is 0.0443 e. The van der Waals surface area contributed by atoms with E-state index in [0.717, 1.165) is 13.0 Å².